The number of morpholine rings is 1. The molecule has 3 aromatic rings. The van der Waals surface area contributed by atoms with E-state index < -0.39 is 0 Å². The van der Waals surface area contributed by atoms with Gasteiger partial charge in [0.05, 0.1) is 30.6 Å². The van der Waals surface area contributed by atoms with E-state index in [0.717, 1.165) is 54.3 Å². The molecule has 0 spiro atoms. The number of nitrogens with zero attached hydrogens (tertiary/aromatic N) is 3. The Hall–Kier alpha value is -3.32. The van der Waals surface area contributed by atoms with Crippen molar-refractivity contribution in [3.8, 4) is 0 Å². The lowest BCUT2D eigenvalue weighted by molar-refractivity contribution is -0.113. The zero-order chi connectivity index (χ0) is 19.8. The monoisotopic (exact) mass is 389 g/mol. The van der Waals surface area contributed by atoms with Crippen molar-refractivity contribution < 1.29 is 9.53 Å². The number of hydrogen-bond donors (Lipinski definition) is 2. The number of rotatable bonds is 4. The normalized spacial score (nSPS) is 19.7. The molecule has 1 unspecified atom stereocenters. The number of carbonyl (C=O) groups is 1. The molecule has 0 radical (unpaired) electrons. The molecule has 1 amide bonds. The summed E-state index contributed by atoms with van der Waals surface area (Å²) in [6.45, 7) is 3.32. The minimum absolute atomic E-state index is 0.0357. The number of nitrogens with one attached hydrogen (secondary N) is 2. The Morgan fingerprint density at radius 2 is 1.86 bits per heavy atom. The number of likely N-dealkylation sites (N-methyl/N-ethyl adjacent to an activating group) is 1. The first-order valence-corrected chi connectivity index (χ1v) is 9.83. The molecule has 7 heteroatoms. The van der Waals surface area contributed by atoms with E-state index in [4.69, 9.17) is 4.74 Å². The van der Waals surface area contributed by atoms with Gasteiger partial charge in [0.1, 0.15) is 6.04 Å². The lowest BCUT2D eigenvalue weighted by Crippen LogP contribution is -2.36. The number of aromatic amines is 1. The van der Waals surface area contributed by atoms with Gasteiger partial charge in [0.2, 0.25) is 0 Å². The highest BCUT2D eigenvalue weighted by Crippen LogP contribution is 2.38. The molecule has 0 bridgehead atoms. The Balaban J connectivity index is 1.49. The van der Waals surface area contributed by atoms with Crippen LogP contribution in [-0.2, 0) is 9.53 Å². The van der Waals surface area contributed by atoms with E-state index in [1.165, 1.54) is 5.69 Å². The molecule has 2 aromatic carbocycles. The van der Waals surface area contributed by atoms with Gasteiger partial charge in [-0.2, -0.15) is 0 Å². The molecule has 2 aliphatic rings. The third-order valence-corrected chi connectivity index (χ3v) is 5.63. The maximum Gasteiger partial charge on any atom is 0.253 e. The molecule has 148 valence electrons. The highest BCUT2D eigenvalue weighted by molar-refractivity contribution is 6.06. The summed E-state index contributed by atoms with van der Waals surface area (Å²) in [5, 5.41) is 3.20. The quantitative estimate of drug-likeness (QED) is 0.718. The number of ether oxygens (including phenoxy) is 1. The largest absolute Gasteiger partial charge is 0.389 e. The topological polar surface area (TPSA) is 73.5 Å². The number of amides is 1. The van der Waals surface area contributed by atoms with E-state index in [-0.39, 0.29) is 11.9 Å². The second-order valence-electron chi connectivity index (χ2n) is 7.26. The summed E-state index contributed by atoms with van der Waals surface area (Å²) in [4.78, 5) is 24.5. The van der Waals surface area contributed by atoms with Crippen LogP contribution < -0.4 is 15.1 Å². The summed E-state index contributed by atoms with van der Waals surface area (Å²) >= 11 is 0. The second-order valence-corrected chi connectivity index (χ2v) is 7.26. The molecule has 3 heterocycles. The van der Waals surface area contributed by atoms with Crippen LogP contribution in [0.25, 0.3) is 11.0 Å². The van der Waals surface area contributed by atoms with Crippen molar-refractivity contribution in [1.29, 1.82) is 0 Å². The fraction of sp³-hybridized carbons (Fsp3) is 0.273. The molecular formula is C22H23N5O2. The smallest absolute Gasteiger partial charge is 0.253 e. The van der Waals surface area contributed by atoms with Crippen molar-refractivity contribution in [2.24, 2.45) is 0 Å². The Bertz CT molecular complexity index is 1070. The molecule has 1 aromatic heterocycles. The number of hydrogen-bond acceptors (Lipinski definition) is 5. The highest BCUT2D eigenvalue weighted by Gasteiger charge is 2.35. The van der Waals surface area contributed by atoms with Gasteiger partial charge in [-0.15, -0.1) is 0 Å². The summed E-state index contributed by atoms with van der Waals surface area (Å²) in [5.74, 6) is -0.0357. The molecule has 7 nitrogen and oxygen atoms in total. The van der Waals surface area contributed by atoms with Crippen LogP contribution in [0.3, 0.4) is 0 Å². The molecule has 29 heavy (non-hydrogen) atoms. The maximum absolute atomic E-state index is 12.9. The van der Waals surface area contributed by atoms with Crippen LogP contribution in [0, 0.1) is 0 Å². The number of imidazole rings is 1. The summed E-state index contributed by atoms with van der Waals surface area (Å²) in [7, 11) is 1.86. The van der Waals surface area contributed by atoms with Gasteiger partial charge in [0.15, 0.2) is 0 Å². The predicted octanol–water partition coefficient (Wildman–Crippen LogP) is 2.59. The standard InChI is InChI=1S/C22H23N5O2/c1-23-20-13-21(28)27(17-6-7-18-19(12-17)25-14-24-18)22(20)15-2-4-16(5-3-15)26-8-10-29-11-9-26/h2-7,12-14,22-23H,8-11H2,1H3,(H,24,25). The van der Waals surface area contributed by atoms with Gasteiger partial charge >= 0.3 is 0 Å². The van der Waals surface area contributed by atoms with E-state index in [2.05, 4.69) is 44.5 Å². The van der Waals surface area contributed by atoms with Crippen molar-refractivity contribution in [1.82, 2.24) is 15.3 Å². The van der Waals surface area contributed by atoms with Crippen molar-refractivity contribution in [3.63, 3.8) is 0 Å². The molecule has 2 N–H and O–H groups in total. The van der Waals surface area contributed by atoms with Gasteiger partial charge in [-0.25, -0.2) is 4.98 Å². The SMILES string of the molecule is CNC1=CC(=O)N(c2ccc3[nH]cnc3c2)C1c1ccc(N2CCOCC2)cc1. The van der Waals surface area contributed by atoms with E-state index in [1.54, 1.807) is 12.4 Å². The van der Waals surface area contributed by atoms with E-state index >= 15 is 0 Å². The Kier molecular flexibility index (Phi) is 4.44. The number of benzene rings is 2. The predicted molar refractivity (Wildman–Crippen MR) is 113 cm³/mol. The zero-order valence-electron chi connectivity index (χ0n) is 16.3. The van der Waals surface area contributed by atoms with Crippen molar-refractivity contribution in [2.75, 3.05) is 43.2 Å². The first-order valence-electron chi connectivity index (χ1n) is 9.83. The fourth-order valence-corrected chi connectivity index (χ4v) is 4.12. The summed E-state index contributed by atoms with van der Waals surface area (Å²) in [5.41, 5.74) is 5.76. The number of H-pyrrole nitrogens is 1. The molecule has 1 fully saturated rings. The first-order chi connectivity index (χ1) is 14.2. The van der Waals surface area contributed by atoms with Crippen molar-refractivity contribution in [2.45, 2.75) is 6.04 Å². The van der Waals surface area contributed by atoms with E-state index in [1.807, 2.05) is 30.1 Å². The third kappa shape index (κ3) is 3.13. The molecule has 5 rings (SSSR count). The van der Waals surface area contributed by atoms with Crippen LogP contribution in [0.1, 0.15) is 11.6 Å². The summed E-state index contributed by atoms with van der Waals surface area (Å²) in [6.07, 6.45) is 3.34. The van der Waals surface area contributed by atoms with Gasteiger partial charge in [-0.3, -0.25) is 9.69 Å². The molecule has 2 aliphatic heterocycles. The number of aromatic nitrogens is 2. The zero-order valence-corrected chi connectivity index (χ0v) is 16.3. The molecule has 0 aliphatic carbocycles. The van der Waals surface area contributed by atoms with Crippen LogP contribution in [-0.4, -0.2) is 49.2 Å². The first kappa shape index (κ1) is 17.8. The number of carbonyl (C=O) groups excluding carboxylic acids is 1. The average Bonchev–Trinajstić information content (AvgIpc) is 3.37. The average molecular weight is 389 g/mol. The number of fused-ring (bicyclic) bond motifs is 1. The Labute approximate surface area is 169 Å². The van der Waals surface area contributed by atoms with Crippen LogP contribution in [0.5, 0.6) is 0 Å². The lowest BCUT2D eigenvalue weighted by atomic mass is 10.0. The molecule has 0 saturated carbocycles. The lowest BCUT2D eigenvalue weighted by Gasteiger charge is -2.30. The summed E-state index contributed by atoms with van der Waals surface area (Å²) in [6, 6.07) is 14.2. The minimum atomic E-state index is -0.192. The maximum atomic E-state index is 12.9. The van der Waals surface area contributed by atoms with Crippen LogP contribution in [0.15, 0.2) is 60.6 Å². The van der Waals surface area contributed by atoms with Gasteiger partial charge < -0.3 is 19.9 Å². The van der Waals surface area contributed by atoms with Crippen molar-refractivity contribution >= 4 is 28.3 Å². The molecular weight excluding hydrogens is 366 g/mol. The van der Waals surface area contributed by atoms with Gasteiger partial charge in [0.25, 0.3) is 5.91 Å². The van der Waals surface area contributed by atoms with E-state index in [0.29, 0.717) is 0 Å². The van der Waals surface area contributed by atoms with E-state index in [9.17, 15) is 4.79 Å². The van der Waals surface area contributed by atoms with Crippen LogP contribution >= 0.6 is 0 Å². The second kappa shape index (κ2) is 7.25. The number of anilines is 2. The molecule has 1 atom stereocenters. The highest BCUT2D eigenvalue weighted by atomic mass is 16.5. The molecule has 1 saturated heterocycles. The van der Waals surface area contributed by atoms with Crippen LogP contribution in [0.4, 0.5) is 11.4 Å². The third-order valence-electron chi connectivity index (χ3n) is 5.63. The Morgan fingerprint density at radius 1 is 1.10 bits per heavy atom. The van der Waals surface area contributed by atoms with Gasteiger partial charge in [-0.05, 0) is 35.9 Å². The Morgan fingerprint density at radius 3 is 2.62 bits per heavy atom. The summed E-state index contributed by atoms with van der Waals surface area (Å²) < 4.78 is 5.45. The minimum Gasteiger partial charge on any atom is -0.389 e. The fourth-order valence-electron chi connectivity index (χ4n) is 4.12. The van der Waals surface area contributed by atoms with Gasteiger partial charge in [-0.1, -0.05) is 12.1 Å². The van der Waals surface area contributed by atoms with Crippen LogP contribution in [0.2, 0.25) is 0 Å². The van der Waals surface area contributed by atoms with Gasteiger partial charge in [0, 0.05) is 43.3 Å². The van der Waals surface area contributed by atoms with Crippen molar-refractivity contribution in [3.05, 3.63) is 66.1 Å².